The van der Waals surface area contributed by atoms with Gasteiger partial charge in [0, 0.05) is 12.0 Å². The standard InChI is InChI=1S/C13H14O5/c1-2-18-13(17)11-7-9(4-6-12(15)16)3-5-10(11)8-14/h3,5,7-8H,2,4,6H2,1H3,(H,15,16). The van der Waals surface area contributed by atoms with Gasteiger partial charge in [0.1, 0.15) is 0 Å². The van der Waals surface area contributed by atoms with Crippen molar-refractivity contribution in [2.24, 2.45) is 0 Å². The fourth-order valence-electron chi connectivity index (χ4n) is 1.50. The maximum atomic E-state index is 11.6. The molecule has 1 N–H and O–H groups in total. The van der Waals surface area contributed by atoms with Crippen LogP contribution in [0.5, 0.6) is 0 Å². The van der Waals surface area contributed by atoms with Crippen molar-refractivity contribution in [2.45, 2.75) is 19.8 Å². The lowest BCUT2D eigenvalue weighted by atomic mass is 10.0. The molecule has 0 atom stereocenters. The summed E-state index contributed by atoms with van der Waals surface area (Å²) in [5.41, 5.74) is 1.10. The Kier molecular flexibility index (Phi) is 5.05. The van der Waals surface area contributed by atoms with Crippen molar-refractivity contribution >= 4 is 18.2 Å². The van der Waals surface area contributed by atoms with Gasteiger partial charge in [0.2, 0.25) is 0 Å². The first-order valence-electron chi connectivity index (χ1n) is 5.55. The molecule has 0 unspecified atom stereocenters. The lowest BCUT2D eigenvalue weighted by Gasteiger charge is -2.07. The normalized spacial score (nSPS) is 9.83. The van der Waals surface area contributed by atoms with Gasteiger partial charge in [-0.2, -0.15) is 0 Å². The number of aryl methyl sites for hydroxylation is 1. The highest BCUT2D eigenvalue weighted by molar-refractivity contribution is 5.98. The highest BCUT2D eigenvalue weighted by Gasteiger charge is 2.13. The first-order chi connectivity index (χ1) is 8.58. The van der Waals surface area contributed by atoms with Crippen molar-refractivity contribution in [1.29, 1.82) is 0 Å². The molecule has 0 heterocycles. The van der Waals surface area contributed by atoms with Crippen LogP contribution in [0.25, 0.3) is 0 Å². The summed E-state index contributed by atoms with van der Waals surface area (Å²) in [6.07, 6.45) is 0.858. The molecule has 0 aliphatic rings. The molecule has 0 fully saturated rings. The van der Waals surface area contributed by atoms with E-state index in [-0.39, 0.29) is 24.2 Å². The van der Waals surface area contributed by atoms with Gasteiger partial charge in [-0.3, -0.25) is 9.59 Å². The molecule has 0 aliphatic heterocycles. The Hall–Kier alpha value is -2.17. The number of carbonyl (C=O) groups is 3. The molecule has 1 aromatic rings. The molecule has 0 radical (unpaired) electrons. The van der Waals surface area contributed by atoms with E-state index in [1.165, 1.54) is 12.1 Å². The fourth-order valence-corrected chi connectivity index (χ4v) is 1.50. The van der Waals surface area contributed by atoms with Crippen LogP contribution < -0.4 is 0 Å². The van der Waals surface area contributed by atoms with Gasteiger partial charge in [-0.05, 0) is 25.0 Å². The third-order valence-electron chi connectivity index (χ3n) is 2.37. The SMILES string of the molecule is CCOC(=O)c1cc(CCC(=O)O)ccc1C=O. The van der Waals surface area contributed by atoms with Crippen LogP contribution >= 0.6 is 0 Å². The molecule has 1 rings (SSSR count). The van der Waals surface area contributed by atoms with Gasteiger partial charge in [0.15, 0.2) is 6.29 Å². The number of benzene rings is 1. The molecule has 18 heavy (non-hydrogen) atoms. The van der Waals surface area contributed by atoms with Gasteiger partial charge in [-0.15, -0.1) is 0 Å². The average Bonchev–Trinajstić information content (AvgIpc) is 2.36. The summed E-state index contributed by atoms with van der Waals surface area (Å²) in [4.78, 5) is 32.9. The third-order valence-corrected chi connectivity index (χ3v) is 2.37. The summed E-state index contributed by atoms with van der Waals surface area (Å²) in [6, 6.07) is 4.64. The van der Waals surface area contributed by atoms with Crippen LogP contribution in [0, 0.1) is 0 Å². The smallest absolute Gasteiger partial charge is 0.338 e. The number of rotatable bonds is 6. The maximum absolute atomic E-state index is 11.6. The molecule has 5 heteroatoms. The molecule has 0 aromatic heterocycles. The zero-order chi connectivity index (χ0) is 13.5. The van der Waals surface area contributed by atoms with E-state index >= 15 is 0 Å². The molecule has 0 spiro atoms. The van der Waals surface area contributed by atoms with Crippen LogP contribution in [-0.2, 0) is 16.0 Å². The second kappa shape index (κ2) is 6.54. The predicted octanol–water partition coefficient (Wildman–Crippen LogP) is 1.69. The van der Waals surface area contributed by atoms with Crippen LogP contribution in [0.3, 0.4) is 0 Å². The van der Waals surface area contributed by atoms with Gasteiger partial charge >= 0.3 is 11.9 Å². The molecule has 0 saturated heterocycles. The number of ether oxygens (including phenoxy) is 1. The van der Waals surface area contributed by atoms with Gasteiger partial charge in [0.25, 0.3) is 0 Å². The van der Waals surface area contributed by atoms with Crippen LogP contribution in [0.1, 0.15) is 39.6 Å². The Bertz CT molecular complexity index is 464. The maximum Gasteiger partial charge on any atom is 0.338 e. The van der Waals surface area contributed by atoms with Gasteiger partial charge < -0.3 is 9.84 Å². The quantitative estimate of drug-likeness (QED) is 0.613. The van der Waals surface area contributed by atoms with Crippen LogP contribution in [0.4, 0.5) is 0 Å². The van der Waals surface area contributed by atoms with Gasteiger partial charge in [0.05, 0.1) is 12.2 Å². The summed E-state index contributed by atoms with van der Waals surface area (Å²) in [5, 5.41) is 8.59. The largest absolute Gasteiger partial charge is 0.481 e. The van der Waals surface area contributed by atoms with Crippen LogP contribution in [0.15, 0.2) is 18.2 Å². The van der Waals surface area contributed by atoms with E-state index in [1.807, 2.05) is 0 Å². The minimum Gasteiger partial charge on any atom is -0.481 e. The van der Waals surface area contributed by atoms with Crippen molar-refractivity contribution in [3.05, 3.63) is 34.9 Å². The summed E-state index contributed by atoms with van der Waals surface area (Å²) in [7, 11) is 0. The molecule has 0 saturated carbocycles. The molecule has 96 valence electrons. The molecule has 0 amide bonds. The molecule has 0 bridgehead atoms. The number of aldehydes is 1. The van der Waals surface area contributed by atoms with E-state index in [4.69, 9.17) is 9.84 Å². The average molecular weight is 250 g/mol. The van der Waals surface area contributed by atoms with E-state index in [0.29, 0.717) is 18.3 Å². The number of carboxylic acids is 1. The Morgan fingerprint density at radius 1 is 1.39 bits per heavy atom. The number of aliphatic carboxylic acids is 1. The van der Waals surface area contributed by atoms with Crippen molar-refractivity contribution in [3.8, 4) is 0 Å². The molecule has 5 nitrogen and oxygen atoms in total. The van der Waals surface area contributed by atoms with Gasteiger partial charge in [-0.25, -0.2) is 4.79 Å². The lowest BCUT2D eigenvalue weighted by Crippen LogP contribution is -2.09. The number of hydrogen-bond donors (Lipinski definition) is 1. The summed E-state index contributed by atoms with van der Waals surface area (Å²) in [5.74, 6) is -1.48. The second-order valence-electron chi connectivity index (χ2n) is 3.65. The zero-order valence-electron chi connectivity index (χ0n) is 10.0. The lowest BCUT2D eigenvalue weighted by molar-refractivity contribution is -0.136. The Morgan fingerprint density at radius 2 is 2.11 bits per heavy atom. The Labute approximate surface area is 104 Å². The zero-order valence-corrected chi connectivity index (χ0v) is 10.0. The van der Waals surface area contributed by atoms with Crippen LogP contribution in [0.2, 0.25) is 0 Å². The fraction of sp³-hybridized carbons (Fsp3) is 0.308. The van der Waals surface area contributed by atoms with Crippen molar-refractivity contribution < 1.29 is 24.2 Å². The van der Waals surface area contributed by atoms with E-state index in [0.717, 1.165) is 0 Å². The molecule has 0 aliphatic carbocycles. The highest BCUT2D eigenvalue weighted by atomic mass is 16.5. The van der Waals surface area contributed by atoms with E-state index in [1.54, 1.807) is 13.0 Å². The van der Waals surface area contributed by atoms with Crippen LogP contribution in [-0.4, -0.2) is 29.9 Å². The van der Waals surface area contributed by atoms with Crippen molar-refractivity contribution in [2.75, 3.05) is 6.61 Å². The minimum absolute atomic E-state index is 0.0251. The van der Waals surface area contributed by atoms with E-state index < -0.39 is 11.9 Å². The first-order valence-corrected chi connectivity index (χ1v) is 5.55. The second-order valence-corrected chi connectivity index (χ2v) is 3.65. The van der Waals surface area contributed by atoms with Crippen molar-refractivity contribution in [1.82, 2.24) is 0 Å². The molecular formula is C13H14O5. The number of hydrogen-bond acceptors (Lipinski definition) is 4. The summed E-state index contributed by atoms with van der Waals surface area (Å²) < 4.78 is 4.84. The van der Waals surface area contributed by atoms with E-state index in [9.17, 15) is 14.4 Å². The predicted molar refractivity (Wildman–Crippen MR) is 63.7 cm³/mol. The van der Waals surface area contributed by atoms with E-state index in [2.05, 4.69) is 0 Å². The number of carbonyl (C=O) groups excluding carboxylic acids is 2. The Morgan fingerprint density at radius 3 is 2.67 bits per heavy atom. The first kappa shape index (κ1) is 13.9. The third kappa shape index (κ3) is 3.69. The number of carboxylic acid groups (broad SMARTS) is 1. The topological polar surface area (TPSA) is 80.7 Å². The highest BCUT2D eigenvalue weighted by Crippen LogP contribution is 2.13. The molecular weight excluding hydrogens is 236 g/mol. The Balaban J connectivity index is 2.97. The molecule has 1 aromatic carbocycles. The van der Waals surface area contributed by atoms with Crippen molar-refractivity contribution in [3.63, 3.8) is 0 Å². The minimum atomic E-state index is -0.910. The van der Waals surface area contributed by atoms with Gasteiger partial charge in [-0.1, -0.05) is 12.1 Å². The monoisotopic (exact) mass is 250 g/mol. The summed E-state index contributed by atoms with van der Waals surface area (Å²) >= 11 is 0. The number of esters is 1. The summed E-state index contributed by atoms with van der Waals surface area (Å²) in [6.45, 7) is 1.89.